The molecule has 2 aliphatic rings. The predicted molar refractivity (Wildman–Crippen MR) is 131 cm³/mol. The van der Waals surface area contributed by atoms with Crippen molar-refractivity contribution in [1.29, 1.82) is 5.26 Å². The average molecular weight is 512 g/mol. The molecule has 3 N–H and O–H groups in total. The number of halogens is 2. The Morgan fingerprint density at radius 3 is 2.51 bits per heavy atom. The number of ether oxygens (including phenoxy) is 1. The first-order valence-corrected chi connectivity index (χ1v) is 11.5. The largest absolute Gasteiger partial charge is 0.453 e. The van der Waals surface area contributed by atoms with E-state index in [4.69, 9.17) is 33.2 Å². The number of hydrogen-bond acceptors (Lipinski definition) is 8. The van der Waals surface area contributed by atoms with Gasteiger partial charge in [-0.3, -0.25) is 9.36 Å². The molecule has 35 heavy (non-hydrogen) atoms. The second kappa shape index (κ2) is 9.34. The second-order valence-corrected chi connectivity index (χ2v) is 8.98. The Morgan fingerprint density at radius 2 is 1.83 bits per heavy atom. The van der Waals surface area contributed by atoms with E-state index in [-0.39, 0.29) is 32.8 Å². The fourth-order valence-corrected chi connectivity index (χ4v) is 4.32. The van der Waals surface area contributed by atoms with Gasteiger partial charge in [0.1, 0.15) is 11.8 Å². The monoisotopic (exact) mass is 511 g/mol. The number of nitriles is 1. The normalized spacial score (nSPS) is 19.7. The smallest absolute Gasteiger partial charge is 0.255 e. The van der Waals surface area contributed by atoms with Crippen LogP contribution in [0, 0.1) is 11.3 Å². The molecule has 5 rings (SSSR count). The van der Waals surface area contributed by atoms with Crippen molar-refractivity contribution in [3.63, 3.8) is 0 Å². The average Bonchev–Trinajstić information content (AvgIpc) is 3.68. The summed E-state index contributed by atoms with van der Waals surface area (Å²) in [5, 5.41) is 36.7. The number of aromatic nitrogens is 1. The van der Waals surface area contributed by atoms with Gasteiger partial charge in [-0.05, 0) is 54.7 Å². The first kappa shape index (κ1) is 23.4. The molecule has 1 fully saturated rings. The number of aliphatic hydroxyl groups is 2. The molecule has 2 aromatic carbocycles. The molecule has 2 heterocycles. The molecule has 1 aliphatic heterocycles. The Morgan fingerprint density at radius 1 is 1.09 bits per heavy atom. The third kappa shape index (κ3) is 4.75. The fraction of sp³-hybridized carbons (Fsp3) is 0.208. The minimum absolute atomic E-state index is 0.105. The number of pyridine rings is 1. The highest BCUT2D eigenvalue weighted by Crippen LogP contribution is 2.41. The zero-order valence-corrected chi connectivity index (χ0v) is 19.6. The van der Waals surface area contributed by atoms with Crippen molar-refractivity contribution in [2.45, 2.75) is 31.3 Å². The summed E-state index contributed by atoms with van der Waals surface area (Å²) >= 11 is 12.9. The molecule has 0 bridgehead atoms. The zero-order valence-electron chi connectivity index (χ0n) is 18.1. The SMILES string of the molecule is N#CC1=NN(c2cc(Cl)c(Oc3ccc(=O)n(-c4cccc(C5CC5)c4)c3)c(Cl)c2)C(O)NC1O. The van der Waals surface area contributed by atoms with Gasteiger partial charge in [0.05, 0.1) is 21.9 Å². The Labute approximate surface area is 210 Å². The van der Waals surface area contributed by atoms with Crippen molar-refractivity contribution in [2.24, 2.45) is 5.10 Å². The second-order valence-electron chi connectivity index (χ2n) is 8.17. The molecule has 2 atom stereocenters. The number of anilines is 1. The third-order valence-electron chi connectivity index (χ3n) is 5.68. The zero-order chi connectivity index (χ0) is 24.7. The van der Waals surface area contributed by atoms with Crippen LogP contribution >= 0.6 is 23.2 Å². The van der Waals surface area contributed by atoms with Crippen LogP contribution in [0.2, 0.25) is 10.0 Å². The van der Waals surface area contributed by atoms with Gasteiger partial charge in [0.2, 0.25) is 6.35 Å². The summed E-state index contributed by atoms with van der Waals surface area (Å²) in [6, 6.07) is 15.4. The first-order valence-electron chi connectivity index (χ1n) is 10.7. The number of rotatable bonds is 5. The lowest BCUT2D eigenvalue weighted by Crippen LogP contribution is -2.55. The van der Waals surface area contributed by atoms with Gasteiger partial charge in [0, 0.05) is 11.8 Å². The van der Waals surface area contributed by atoms with Gasteiger partial charge >= 0.3 is 0 Å². The van der Waals surface area contributed by atoms with Gasteiger partial charge in [-0.25, -0.2) is 10.3 Å². The number of hydrogen-bond donors (Lipinski definition) is 3. The van der Waals surface area contributed by atoms with Crippen LogP contribution in [-0.2, 0) is 0 Å². The van der Waals surface area contributed by atoms with Crippen molar-refractivity contribution in [2.75, 3.05) is 5.01 Å². The summed E-state index contributed by atoms with van der Waals surface area (Å²) in [6.45, 7) is 0. The number of nitrogens with zero attached hydrogens (tertiary/aromatic N) is 4. The molecule has 0 radical (unpaired) electrons. The van der Waals surface area contributed by atoms with Crippen LogP contribution in [0.1, 0.15) is 24.3 Å². The Hall–Kier alpha value is -3.39. The van der Waals surface area contributed by atoms with E-state index in [1.54, 1.807) is 12.3 Å². The van der Waals surface area contributed by atoms with Crippen LogP contribution in [0.25, 0.3) is 5.69 Å². The lowest BCUT2D eigenvalue weighted by atomic mass is 10.1. The van der Waals surface area contributed by atoms with Gasteiger partial charge < -0.3 is 14.9 Å². The Kier molecular flexibility index (Phi) is 6.23. The molecule has 1 aromatic heterocycles. The fourth-order valence-electron chi connectivity index (χ4n) is 3.77. The van der Waals surface area contributed by atoms with E-state index in [1.807, 2.05) is 18.2 Å². The van der Waals surface area contributed by atoms with E-state index >= 15 is 0 Å². The van der Waals surface area contributed by atoms with Crippen molar-refractivity contribution < 1.29 is 14.9 Å². The Balaban J connectivity index is 1.45. The molecule has 2 unspecified atom stereocenters. The summed E-state index contributed by atoms with van der Waals surface area (Å²) in [7, 11) is 0. The topological polar surface area (TPSA) is 123 Å². The molecular weight excluding hydrogens is 493 g/mol. The summed E-state index contributed by atoms with van der Waals surface area (Å²) in [6.07, 6.45) is 1.06. The summed E-state index contributed by atoms with van der Waals surface area (Å²) < 4.78 is 7.42. The maximum absolute atomic E-state index is 12.5. The van der Waals surface area contributed by atoms with Crippen LogP contribution in [0.3, 0.4) is 0 Å². The van der Waals surface area contributed by atoms with Crippen molar-refractivity contribution in [3.8, 4) is 23.3 Å². The van der Waals surface area contributed by atoms with E-state index in [0.717, 1.165) is 23.5 Å². The highest BCUT2D eigenvalue weighted by Gasteiger charge is 2.29. The number of hydrazone groups is 1. The maximum Gasteiger partial charge on any atom is 0.255 e. The quantitative estimate of drug-likeness (QED) is 0.477. The van der Waals surface area contributed by atoms with Crippen molar-refractivity contribution in [3.05, 3.63) is 80.7 Å². The number of aliphatic hydroxyl groups excluding tert-OH is 2. The van der Waals surface area contributed by atoms with Crippen LogP contribution in [0.5, 0.6) is 11.5 Å². The van der Waals surface area contributed by atoms with Crippen LogP contribution in [0.4, 0.5) is 5.69 Å². The maximum atomic E-state index is 12.5. The van der Waals surface area contributed by atoms with E-state index in [9.17, 15) is 15.0 Å². The lowest BCUT2D eigenvalue weighted by molar-refractivity contribution is 0.0631. The van der Waals surface area contributed by atoms with Gasteiger partial charge in [0.25, 0.3) is 5.56 Å². The van der Waals surface area contributed by atoms with E-state index < -0.39 is 12.6 Å². The standard InChI is InChI=1S/C24H19Cl2N5O4/c25-18-9-16(31-24(34)28-23(33)20(11-27)29-31)10-19(26)22(18)35-17-6-7-21(32)30(12-17)15-3-1-2-14(8-15)13-4-5-13/h1-3,6-10,12-13,23-24,28,33-34H,4-5H2. The Bertz CT molecular complexity index is 1410. The van der Waals surface area contributed by atoms with Gasteiger partial charge in [-0.15, -0.1) is 0 Å². The molecular formula is C24H19Cl2N5O4. The molecule has 0 saturated heterocycles. The molecule has 1 saturated carbocycles. The molecule has 11 heteroatoms. The predicted octanol–water partition coefficient (Wildman–Crippen LogP) is 3.70. The van der Waals surface area contributed by atoms with E-state index in [2.05, 4.69) is 16.5 Å². The van der Waals surface area contributed by atoms with Gasteiger partial charge in [0.15, 0.2) is 17.7 Å². The third-order valence-corrected chi connectivity index (χ3v) is 6.24. The van der Waals surface area contributed by atoms with Crippen molar-refractivity contribution in [1.82, 2.24) is 9.88 Å². The van der Waals surface area contributed by atoms with Crippen LogP contribution < -0.4 is 20.6 Å². The molecule has 9 nitrogen and oxygen atoms in total. The molecule has 0 amide bonds. The van der Waals surface area contributed by atoms with Crippen LogP contribution in [0.15, 0.2) is 64.6 Å². The lowest BCUT2D eigenvalue weighted by Gasteiger charge is -2.32. The minimum Gasteiger partial charge on any atom is -0.453 e. The summed E-state index contributed by atoms with van der Waals surface area (Å²) in [4.78, 5) is 12.5. The van der Waals surface area contributed by atoms with E-state index in [1.165, 1.54) is 34.4 Å². The minimum atomic E-state index is -1.42. The first-order chi connectivity index (χ1) is 16.8. The van der Waals surface area contributed by atoms with E-state index in [0.29, 0.717) is 11.7 Å². The summed E-state index contributed by atoms with van der Waals surface area (Å²) in [5.41, 5.74) is 1.74. The highest BCUT2D eigenvalue weighted by molar-refractivity contribution is 6.37. The highest BCUT2D eigenvalue weighted by atomic mass is 35.5. The number of nitrogens with one attached hydrogen (secondary N) is 1. The molecule has 178 valence electrons. The van der Waals surface area contributed by atoms with Crippen molar-refractivity contribution >= 4 is 34.6 Å². The molecule has 3 aromatic rings. The van der Waals surface area contributed by atoms with Gasteiger partial charge in [-0.2, -0.15) is 10.4 Å². The molecule has 0 spiro atoms. The summed E-state index contributed by atoms with van der Waals surface area (Å²) in [5.74, 6) is 1.02. The van der Waals surface area contributed by atoms with Gasteiger partial charge in [-0.1, -0.05) is 35.3 Å². The van der Waals surface area contributed by atoms with Crippen LogP contribution in [-0.4, -0.2) is 33.1 Å². The molecule has 1 aliphatic carbocycles. The number of benzene rings is 2.